The van der Waals surface area contributed by atoms with Crippen LogP contribution in [0.5, 0.6) is 0 Å². The maximum Gasteiger partial charge on any atom is 0.223 e. The topological polar surface area (TPSA) is 76.7 Å². The van der Waals surface area contributed by atoms with Gasteiger partial charge in [0.15, 0.2) is 0 Å². The fourth-order valence-corrected chi connectivity index (χ4v) is 3.45. The van der Waals surface area contributed by atoms with Crippen molar-refractivity contribution in [1.82, 2.24) is 20.1 Å². The third-order valence-corrected chi connectivity index (χ3v) is 4.93. The molecule has 0 bridgehead atoms. The number of aromatic nitrogens is 4. The first-order valence-electron chi connectivity index (χ1n) is 8.19. The summed E-state index contributed by atoms with van der Waals surface area (Å²) in [6.45, 7) is 4.50. The van der Waals surface area contributed by atoms with Crippen molar-refractivity contribution in [2.75, 3.05) is 5.32 Å². The highest BCUT2D eigenvalue weighted by molar-refractivity contribution is 7.09. The molecule has 4 aromatic heterocycles. The van der Waals surface area contributed by atoms with E-state index in [4.69, 9.17) is 9.51 Å². The molecular weight excluding hydrogens is 346 g/mol. The lowest BCUT2D eigenvalue weighted by Gasteiger charge is -2.11. The van der Waals surface area contributed by atoms with Gasteiger partial charge in [-0.25, -0.2) is 9.97 Å². The van der Waals surface area contributed by atoms with Crippen molar-refractivity contribution in [3.05, 3.63) is 64.6 Å². The van der Waals surface area contributed by atoms with Crippen LogP contribution < -0.4 is 5.32 Å². The van der Waals surface area contributed by atoms with Crippen LogP contribution in [0.3, 0.4) is 0 Å². The molecule has 0 fully saturated rings. The minimum Gasteiger partial charge on any atom is -0.361 e. The van der Waals surface area contributed by atoms with Crippen molar-refractivity contribution in [1.29, 1.82) is 0 Å². The van der Waals surface area contributed by atoms with E-state index in [1.54, 1.807) is 23.7 Å². The Hall–Kier alpha value is -3.06. The smallest absolute Gasteiger partial charge is 0.223 e. The van der Waals surface area contributed by atoms with Gasteiger partial charge in [-0.05, 0) is 43.0 Å². The Morgan fingerprint density at radius 1 is 1.15 bits per heavy atom. The maximum atomic E-state index is 5.36. The Bertz CT molecular complexity index is 992. The minimum absolute atomic E-state index is 0.575. The number of thiophene rings is 1. The molecule has 4 aromatic rings. The quantitative estimate of drug-likeness (QED) is 0.563. The summed E-state index contributed by atoms with van der Waals surface area (Å²) in [4.78, 5) is 14.6. The first-order chi connectivity index (χ1) is 12.7. The predicted molar refractivity (Wildman–Crippen MR) is 102 cm³/mol. The Morgan fingerprint density at radius 2 is 2.00 bits per heavy atom. The lowest BCUT2D eigenvalue weighted by molar-refractivity contribution is 0.393. The fraction of sp³-hybridized carbons (Fsp3) is 0.158. The molecular formula is C19H17N5OS. The predicted octanol–water partition coefficient (Wildman–Crippen LogP) is 4.48. The molecule has 0 aromatic carbocycles. The fourth-order valence-electron chi connectivity index (χ4n) is 2.80. The van der Waals surface area contributed by atoms with E-state index in [0.29, 0.717) is 12.5 Å². The van der Waals surface area contributed by atoms with Gasteiger partial charge < -0.3 is 9.84 Å². The second-order valence-electron chi connectivity index (χ2n) is 5.82. The van der Waals surface area contributed by atoms with Crippen LogP contribution in [-0.2, 0) is 6.54 Å². The first kappa shape index (κ1) is 16.4. The summed E-state index contributed by atoms with van der Waals surface area (Å²) in [5, 5.41) is 9.42. The van der Waals surface area contributed by atoms with Gasteiger partial charge in [-0.15, -0.1) is 11.3 Å². The monoisotopic (exact) mass is 363 g/mol. The lowest BCUT2D eigenvalue weighted by atomic mass is 10.0. The maximum absolute atomic E-state index is 5.36. The van der Waals surface area contributed by atoms with Crippen LogP contribution in [0.1, 0.15) is 16.3 Å². The summed E-state index contributed by atoms with van der Waals surface area (Å²) < 4.78 is 5.36. The Balaban J connectivity index is 1.77. The number of rotatable bonds is 5. The van der Waals surface area contributed by atoms with Crippen LogP contribution in [0.25, 0.3) is 22.4 Å². The normalized spacial score (nSPS) is 10.8. The zero-order valence-electron chi connectivity index (χ0n) is 14.4. The number of hydrogen-bond donors (Lipinski definition) is 1. The van der Waals surface area contributed by atoms with E-state index in [1.807, 2.05) is 38.2 Å². The average molecular weight is 363 g/mol. The highest BCUT2D eigenvalue weighted by Crippen LogP contribution is 2.34. The number of hydrogen-bond acceptors (Lipinski definition) is 7. The molecule has 4 rings (SSSR count). The van der Waals surface area contributed by atoms with Crippen LogP contribution in [0.4, 0.5) is 5.95 Å². The average Bonchev–Trinajstić information content (AvgIpc) is 3.30. The first-order valence-corrected chi connectivity index (χ1v) is 9.07. The van der Waals surface area contributed by atoms with E-state index in [2.05, 4.69) is 31.9 Å². The second kappa shape index (κ2) is 7.05. The molecule has 26 heavy (non-hydrogen) atoms. The van der Waals surface area contributed by atoms with Gasteiger partial charge in [0, 0.05) is 29.0 Å². The summed E-state index contributed by atoms with van der Waals surface area (Å²) in [7, 11) is 0. The molecule has 6 nitrogen and oxygen atoms in total. The molecule has 130 valence electrons. The van der Waals surface area contributed by atoms with Crippen LogP contribution in [-0.4, -0.2) is 20.1 Å². The van der Waals surface area contributed by atoms with Crippen molar-refractivity contribution in [3.8, 4) is 22.4 Å². The van der Waals surface area contributed by atoms with Crippen molar-refractivity contribution in [2.45, 2.75) is 20.4 Å². The van der Waals surface area contributed by atoms with Crippen LogP contribution in [0.15, 0.2) is 52.8 Å². The second-order valence-corrected chi connectivity index (χ2v) is 6.86. The van der Waals surface area contributed by atoms with Gasteiger partial charge in [0.1, 0.15) is 5.76 Å². The van der Waals surface area contributed by atoms with Crippen molar-refractivity contribution >= 4 is 17.3 Å². The van der Waals surface area contributed by atoms with E-state index in [0.717, 1.165) is 33.8 Å². The molecule has 0 saturated heterocycles. The summed E-state index contributed by atoms with van der Waals surface area (Å²) in [6, 6.07) is 8.00. The van der Waals surface area contributed by atoms with Gasteiger partial charge in [0.2, 0.25) is 5.95 Å². The highest BCUT2D eigenvalue weighted by Gasteiger charge is 2.19. The molecule has 0 amide bonds. The van der Waals surface area contributed by atoms with Crippen LogP contribution in [0, 0.1) is 13.8 Å². The van der Waals surface area contributed by atoms with E-state index < -0.39 is 0 Å². The van der Waals surface area contributed by atoms with Crippen molar-refractivity contribution in [2.24, 2.45) is 0 Å². The highest BCUT2D eigenvalue weighted by atomic mass is 32.1. The van der Waals surface area contributed by atoms with E-state index in [-0.39, 0.29) is 0 Å². The van der Waals surface area contributed by atoms with Crippen LogP contribution >= 0.6 is 11.3 Å². The van der Waals surface area contributed by atoms with Crippen molar-refractivity contribution in [3.63, 3.8) is 0 Å². The van der Waals surface area contributed by atoms with Gasteiger partial charge in [0.25, 0.3) is 0 Å². The van der Waals surface area contributed by atoms with E-state index in [1.165, 1.54) is 4.88 Å². The molecule has 0 atom stereocenters. The summed E-state index contributed by atoms with van der Waals surface area (Å²) in [5.74, 6) is 1.31. The molecule has 0 saturated carbocycles. The molecule has 0 aliphatic heterocycles. The zero-order valence-corrected chi connectivity index (χ0v) is 15.2. The van der Waals surface area contributed by atoms with Gasteiger partial charge in [0.05, 0.1) is 23.5 Å². The number of aryl methyl sites for hydroxylation is 2. The molecule has 0 spiro atoms. The third kappa shape index (κ3) is 3.21. The zero-order chi connectivity index (χ0) is 17.9. The molecule has 1 N–H and O–H groups in total. The molecule has 0 aliphatic carbocycles. The summed E-state index contributed by atoms with van der Waals surface area (Å²) in [5.41, 5.74) is 4.43. The molecule has 4 heterocycles. The third-order valence-electron chi connectivity index (χ3n) is 4.05. The Labute approximate surface area is 155 Å². The van der Waals surface area contributed by atoms with Gasteiger partial charge in [-0.2, -0.15) is 0 Å². The Kier molecular flexibility index (Phi) is 4.45. The van der Waals surface area contributed by atoms with Crippen LogP contribution in [0.2, 0.25) is 0 Å². The molecule has 7 heteroatoms. The minimum atomic E-state index is 0.575. The number of pyridine rings is 1. The number of nitrogens with one attached hydrogen (secondary N) is 1. The summed E-state index contributed by atoms with van der Waals surface area (Å²) >= 11 is 1.70. The summed E-state index contributed by atoms with van der Waals surface area (Å²) in [6.07, 6.45) is 5.35. The molecule has 0 unspecified atom stereocenters. The largest absolute Gasteiger partial charge is 0.361 e. The number of nitrogens with zero attached hydrogens (tertiary/aromatic N) is 4. The van der Waals surface area contributed by atoms with Gasteiger partial charge >= 0.3 is 0 Å². The number of anilines is 1. The molecule has 0 radical (unpaired) electrons. The lowest BCUT2D eigenvalue weighted by Crippen LogP contribution is -2.04. The Morgan fingerprint density at radius 3 is 2.69 bits per heavy atom. The molecule has 0 aliphatic rings. The SMILES string of the molecule is Cc1noc(C)c1-c1nc(NCc2cccs2)ncc1-c1ccncc1. The van der Waals surface area contributed by atoms with Crippen molar-refractivity contribution < 1.29 is 4.52 Å². The van der Waals surface area contributed by atoms with E-state index >= 15 is 0 Å². The van der Waals surface area contributed by atoms with Gasteiger partial charge in [-0.1, -0.05) is 11.2 Å². The standard InChI is InChI=1S/C19H17N5OS/c1-12-17(13(2)25-24-12)18-16(14-5-7-20-8-6-14)11-22-19(23-18)21-10-15-4-3-9-26-15/h3-9,11H,10H2,1-2H3,(H,21,22,23). The van der Waals surface area contributed by atoms with Gasteiger partial charge in [-0.3, -0.25) is 4.98 Å². The van der Waals surface area contributed by atoms with E-state index in [9.17, 15) is 0 Å².